The molecule has 0 saturated carbocycles. The van der Waals surface area contributed by atoms with Gasteiger partial charge in [0.25, 0.3) is 0 Å². The van der Waals surface area contributed by atoms with E-state index in [1.165, 1.54) is 23.5 Å². The van der Waals surface area contributed by atoms with Crippen molar-refractivity contribution < 1.29 is 8.42 Å². The zero-order valence-corrected chi connectivity index (χ0v) is 13.1. The van der Waals surface area contributed by atoms with E-state index in [1.807, 2.05) is 6.07 Å². The average molecular weight is 330 g/mol. The Kier molecular flexibility index (Phi) is 4.70. The van der Waals surface area contributed by atoms with Gasteiger partial charge >= 0.3 is 0 Å². The summed E-state index contributed by atoms with van der Waals surface area (Å²) in [6.45, 7) is 0.213. The van der Waals surface area contributed by atoms with E-state index in [4.69, 9.17) is 23.2 Å². The predicted molar refractivity (Wildman–Crippen MR) is 81.6 cm³/mol. The Bertz CT molecular complexity index is 699. The Morgan fingerprint density at radius 2 is 1.60 bits per heavy atom. The van der Waals surface area contributed by atoms with Crippen LogP contribution in [0.25, 0.3) is 0 Å². The van der Waals surface area contributed by atoms with Crippen LogP contribution in [0.1, 0.15) is 5.56 Å². The summed E-state index contributed by atoms with van der Waals surface area (Å²) in [6, 6.07) is 13.2. The molecule has 2 rings (SSSR count). The third-order valence-electron chi connectivity index (χ3n) is 2.87. The molecule has 0 unspecified atom stereocenters. The Hall–Kier alpha value is -1.07. The summed E-state index contributed by atoms with van der Waals surface area (Å²) in [5.41, 5.74) is 0.759. The Balaban J connectivity index is 2.26. The van der Waals surface area contributed by atoms with E-state index in [9.17, 15) is 8.42 Å². The maximum atomic E-state index is 12.4. The van der Waals surface area contributed by atoms with Crippen LogP contribution in [0.15, 0.2) is 53.4 Å². The van der Waals surface area contributed by atoms with Crippen LogP contribution in [0.4, 0.5) is 0 Å². The van der Waals surface area contributed by atoms with E-state index < -0.39 is 10.0 Å². The van der Waals surface area contributed by atoms with Crippen molar-refractivity contribution in [2.45, 2.75) is 11.4 Å². The number of benzene rings is 2. The van der Waals surface area contributed by atoms with Gasteiger partial charge in [0.1, 0.15) is 0 Å². The molecule has 0 atom stereocenters. The zero-order chi connectivity index (χ0) is 14.8. The van der Waals surface area contributed by atoms with Crippen LogP contribution in [-0.2, 0) is 16.6 Å². The van der Waals surface area contributed by atoms with Crippen LogP contribution < -0.4 is 0 Å². The third kappa shape index (κ3) is 3.33. The molecule has 106 valence electrons. The predicted octanol–water partition coefficient (Wildman–Crippen LogP) is 3.81. The Morgan fingerprint density at radius 3 is 2.20 bits per heavy atom. The van der Waals surface area contributed by atoms with Crippen molar-refractivity contribution in [3.05, 3.63) is 64.1 Å². The molecule has 0 aliphatic heterocycles. The fourth-order valence-electron chi connectivity index (χ4n) is 1.74. The summed E-state index contributed by atoms with van der Waals surface area (Å²) in [6.07, 6.45) is 0. The van der Waals surface area contributed by atoms with Crippen molar-refractivity contribution in [3.63, 3.8) is 0 Å². The topological polar surface area (TPSA) is 37.4 Å². The molecule has 0 radical (unpaired) electrons. The zero-order valence-electron chi connectivity index (χ0n) is 10.8. The van der Waals surface area contributed by atoms with Crippen LogP contribution in [0.2, 0.25) is 10.0 Å². The largest absolute Gasteiger partial charge is 0.243 e. The molecule has 2 aromatic rings. The highest BCUT2D eigenvalue weighted by Gasteiger charge is 2.21. The van der Waals surface area contributed by atoms with Gasteiger partial charge in [-0.3, -0.25) is 0 Å². The molecular formula is C14H13Cl2NO2S. The molecule has 20 heavy (non-hydrogen) atoms. The molecule has 0 aliphatic carbocycles. The molecule has 0 N–H and O–H groups in total. The van der Waals surface area contributed by atoms with Crippen molar-refractivity contribution in [2.24, 2.45) is 0 Å². The summed E-state index contributed by atoms with van der Waals surface area (Å²) in [7, 11) is -2.03. The summed E-state index contributed by atoms with van der Waals surface area (Å²) < 4.78 is 26.1. The van der Waals surface area contributed by atoms with Gasteiger partial charge in [0.2, 0.25) is 10.0 Å². The number of halogens is 2. The van der Waals surface area contributed by atoms with E-state index in [2.05, 4.69) is 0 Å². The van der Waals surface area contributed by atoms with Crippen LogP contribution in [0.3, 0.4) is 0 Å². The first-order valence-corrected chi connectivity index (χ1v) is 8.06. The molecule has 0 spiro atoms. The van der Waals surface area contributed by atoms with E-state index >= 15 is 0 Å². The molecule has 3 nitrogen and oxygen atoms in total. The minimum Gasteiger partial charge on any atom is -0.207 e. The monoisotopic (exact) mass is 329 g/mol. The standard InChI is InChI=1S/C14H13Cl2NO2S/c1-17(10-11-4-2-3-5-14(11)16)20(18,19)13-8-6-12(15)7-9-13/h2-9H,10H2,1H3. The maximum absolute atomic E-state index is 12.4. The van der Waals surface area contributed by atoms with Crippen LogP contribution in [-0.4, -0.2) is 19.8 Å². The Morgan fingerprint density at radius 1 is 1.00 bits per heavy atom. The summed E-state index contributed by atoms with van der Waals surface area (Å²) in [5, 5.41) is 1.04. The summed E-state index contributed by atoms with van der Waals surface area (Å²) in [5.74, 6) is 0. The van der Waals surface area contributed by atoms with Crippen LogP contribution in [0, 0.1) is 0 Å². The van der Waals surface area contributed by atoms with Crippen molar-refractivity contribution >= 4 is 33.2 Å². The van der Waals surface area contributed by atoms with E-state index in [0.717, 1.165) is 5.56 Å². The van der Waals surface area contributed by atoms with Crippen LogP contribution >= 0.6 is 23.2 Å². The van der Waals surface area contributed by atoms with Gasteiger partial charge in [-0.2, -0.15) is 4.31 Å². The fraction of sp³-hybridized carbons (Fsp3) is 0.143. The van der Waals surface area contributed by atoms with Crippen LogP contribution in [0.5, 0.6) is 0 Å². The second kappa shape index (κ2) is 6.14. The molecule has 0 aromatic heterocycles. The number of rotatable bonds is 4. The smallest absolute Gasteiger partial charge is 0.207 e. The van der Waals surface area contributed by atoms with E-state index in [0.29, 0.717) is 10.0 Å². The van der Waals surface area contributed by atoms with Crippen molar-refractivity contribution in [1.82, 2.24) is 4.31 Å². The van der Waals surface area contributed by atoms with Gasteiger partial charge < -0.3 is 0 Å². The first kappa shape index (κ1) is 15.3. The number of hydrogen-bond donors (Lipinski definition) is 0. The number of hydrogen-bond acceptors (Lipinski definition) is 2. The highest BCUT2D eigenvalue weighted by Crippen LogP contribution is 2.22. The third-order valence-corrected chi connectivity index (χ3v) is 5.31. The lowest BCUT2D eigenvalue weighted by molar-refractivity contribution is 0.467. The normalized spacial score (nSPS) is 11.8. The second-order valence-corrected chi connectivity index (χ2v) is 7.19. The number of nitrogens with zero attached hydrogens (tertiary/aromatic N) is 1. The van der Waals surface area contributed by atoms with Crippen molar-refractivity contribution in [2.75, 3.05) is 7.05 Å². The van der Waals surface area contributed by atoms with Gasteiger partial charge in [0.15, 0.2) is 0 Å². The maximum Gasteiger partial charge on any atom is 0.243 e. The molecule has 0 bridgehead atoms. The molecule has 2 aromatic carbocycles. The lowest BCUT2D eigenvalue weighted by Gasteiger charge is -2.18. The quantitative estimate of drug-likeness (QED) is 0.855. The van der Waals surface area contributed by atoms with Crippen molar-refractivity contribution in [1.29, 1.82) is 0 Å². The highest BCUT2D eigenvalue weighted by atomic mass is 35.5. The first-order chi connectivity index (χ1) is 9.41. The van der Waals surface area contributed by atoms with Gasteiger partial charge in [-0.05, 0) is 35.9 Å². The molecular weight excluding hydrogens is 317 g/mol. The van der Waals surface area contributed by atoms with E-state index in [1.54, 1.807) is 30.3 Å². The molecule has 0 amide bonds. The average Bonchev–Trinajstić information content (AvgIpc) is 2.41. The van der Waals surface area contributed by atoms with Gasteiger partial charge in [-0.15, -0.1) is 0 Å². The molecule has 0 heterocycles. The van der Waals surface area contributed by atoms with Gasteiger partial charge in [0, 0.05) is 23.6 Å². The first-order valence-electron chi connectivity index (χ1n) is 5.86. The van der Waals surface area contributed by atoms with Crippen molar-refractivity contribution in [3.8, 4) is 0 Å². The summed E-state index contributed by atoms with van der Waals surface area (Å²) >= 11 is 11.8. The fourth-order valence-corrected chi connectivity index (χ4v) is 3.21. The van der Waals surface area contributed by atoms with Gasteiger partial charge in [-0.25, -0.2) is 8.42 Å². The lowest BCUT2D eigenvalue weighted by Crippen LogP contribution is -2.26. The minimum atomic E-state index is -3.55. The SMILES string of the molecule is CN(Cc1ccccc1Cl)S(=O)(=O)c1ccc(Cl)cc1. The number of sulfonamides is 1. The second-order valence-electron chi connectivity index (χ2n) is 4.31. The van der Waals surface area contributed by atoms with E-state index in [-0.39, 0.29) is 11.4 Å². The molecule has 6 heteroatoms. The minimum absolute atomic E-state index is 0.205. The molecule has 0 aliphatic rings. The molecule has 0 saturated heterocycles. The highest BCUT2D eigenvalue weighted by molar-refractivity contribution is 7.89. The van der Waals surface area contributed by atoms with Gasteiger partial charge in [0.05, 0.1) is 4.90 Å². The molecule has 0 fully saturated rings. The lowest BCUT2D eigenvalue weighted by atomic mass is 10.2. The Labute approximate surface area is 128 Å². The van der Waals surface area contributed by atoms with Gasteiger partial charge in [-0.1, -0.05) is 41.4 Å². The summed E-state index contributed by atoms with van der Waals surface area (Å²) in [4.78, 5) is 0.205.